The third kappa shape index (κ3) is 3.82. The number of para-hydroxylation sites is 7. The third-order valence-electron chi connectivity index (χ3n) is 10.1. The Bertz CT molecular complexity index is 3390. The van der Waals surface area contributed by atoms with Gasteiger partial charge in [-0.25, -0.2) is 15.0 Å². The van der Waals surface area contributed by atoms with Gasteiger partial charge >= 0.3 is 21.1 Å². The van der Waals surface area contributed by atoms with E-state index in [0.717, 1.165) is 94.7 Å². The molecule has 0 saturated heterocycles. The van der Waals surface area contributed by atoms with Crippen LogP contribution in [0.1, 0.15) is 0 Å². The minimum atomic E-state index is 0. The second-order valence-corrected chi connectivity index (χ2v) is 12.9. The summed E-state index contributed by atoms with van der Waals surface area (Å²) in [6.45, 7) is 0. The van der Waals surface area contributed by atoms with Crippen LogP contribution >= 0.6 is 0 Å². The Morgan fingerprint density at radius 1 is 0.404 bits per heavy atom. The molecule has 0 fully saturated rings. The van der Waals surface area contributed by atoms with Crippen LogP contribution in [0.4, 0.5) is 0 Å². The Balaban J connectivity index is 0.00000320. The van der Waals surface area contributed by atoms with Crippen LogP contribution in [0.2, 0.25) is 0 Å². The second kappa shape index (κ2) is 10.8. The zero-order valence-corrected chi connectivity index (χ0v) is 29.5. The summed E-state index contributed by atoms with van der Waals surface area (Å²) in [5.41, 5.74) is 12.7. The van der Waals surface area contributed by atoms with Crippen molar-refractivity contribution in [3.63, 3.8) is 0 Å². The topological polar surface area (TPSA) is 62.3 Å². The van der Waals surface area contributed by atoms with Crippen LogP contribution in [0.3, 0.4) is 0 Å². The van der Waals surface area contributed by atoms with Crippen LogP contribution in [0.25, 0.3) is 94.7 Å². The van der Waals surface area contributed by atoms with Crippen molar-refractivity contribution in [2.75, 3.05) is 0 Å². The van der Waals surface area contributed by atoms with E-state index in [1.54, 1.807) is 0 Å². The maximum atomic E-state index is 5.12. The molecule has 0 N–H and O–H groups in total. The fourth-order valence-corrected chi connectivity index (χ4v) is 8.02. The van der Waals surface area contributed by atoms with Crippen LogP contribution in [-0.4, -0.2) is 37.5 Å². The van der Waals surface area contributed by atoms with Gasteiger partial charge in [0.2, 0.25) is 11.6 Å². The smallest absolute Gasteiger partial charge is 0.358 e. The fraction of sp³-hybridized carbons (Fsp3) is 0. The van der Waals surface area contributed by atoms with Crippen molar-refractivity contribution in [3.8, 4) is 17.1 Å². The molecule has 6 aromatic carbocycles. The normalized spacial score (nSPS) is 12.1. The number of aromatic nitrogens is 8. The summed E-state index contributed by atoms with van der Waals surface area (Å²) in [4.78, 5) is 14.9. The predicted octanol–water partition coefficient (Wildman–Crippen LogP) is 9.27. The minimum absolute atomic E-state index is 0. The van der Waals surface area contributed by atoms with Crippen LogP contribution < -0.4 is 0 Å². The third-order valence-corrected chi connectivity index (χ3v) is 10.1. The monoisotopic (exact) mass is 847 g/mol. The van der Waals surface area contributed by atoms with Gasteiger partial charge in [0.1, 0.15) is 5.52 Å². The standard InChI is InChI=1S/C43H24N8.Pt/c1-3-16-34-30(13-1)31-23-22-29(49-36-18-5-7-20-38(36)50-35-17-4-2-14-32(35)45-42(49)50)26-40(31)47(34)27-11-9-12-28(25-27)48-37-19-6-8-21-39(37)51-41-33(46-43(48)51)15-10-24-44-41;/h1-24H;/q-2;+2. The van der Waals surface area contributed by atoms with E-state index >= 15 is 0 Å². The van der Waals surface area contributed by atoms with Gasteiger partial charge in [0.25, 0.3) is 0 Å². The van der Waals surface area contributed by atoms with Gasteiger partial charge in [0.05, 0.1) is 33.1 Å². The average Bonchev–Trinajstić information content (AvgIpc) is 3.97. The molecule has 0 aliphatic rings. The van der Waals surface area contributed by atoms with E-state index in [0.29, 0.717) is 0 Å². The molecule has 52 heavy (non-hydrogen) atoms. The van der Waals surface area contributed by atoms with Crippen molar-refractivity contribution in [2.45, 2.75) is 0 Å². The number of fused-ring (bicyclic) bond motifs is 13. The van der Waals surface area contributed by atoms with Gasteiger partial charge in [-0.1, -0.05) is 77.2 Å². The van der Waals surface area contributed by atoms with Gasteiger partial charge in [-0.15, -0.1) is 35.7 Å². The summed E-state index contributed by atoms with van der Waals surface area (Å²) >= 11 is 0. The summed E-state index contributed by atoms with van der Waals surface area (Å²) in [6, 6.07) is 56.0. The molecule has 0 aliphatic carbocycles. The number of hydrogen-bond acceptors (Lipinski definition) is 3. The SMILES string of the molecule is [Pt+2].[c-]1c(-n2c3[c-]c(-n4c5ccccc5n5c6ccccc6nc45)ccc3c3ccccc32)cccc1-n1c2ccccc2n2c3ncccc3nc12. The van der Waals surface area contributed by atoms with Crippen molar-refractivity contribution in [1.82, 2.24) is 37.5 Å². The zero-order valence-electron chi connectivity index (χ0n) is 27.3. The predicted molar refractivity (Wildman–Crippen MR) is 202 cm³/mol. The Hall–Kier alpha value is -6.50. The molecule has 0 bridgehead atoms. The first kappa shape index (κ1) is 29.2. The summed E-state index contributed by atoms with van der Waals surface area (Å²) in [5, 5.41) is 2.27. The average molecular weight is 848 g/mol. The molecular formula is C43H24N8Pt. The van der Waals surface area contributed by atoms with Crippen molar-refractivity contribution in [1.29, 1.82) is 0 Å². The molecule has 0 radical (unpaired) electrons. The molecule has 12 aromatic rings. The van der Waals surface area contributed by atoms with Crippen LogP contribution in [0, 0.1) is 12.1 Å². The molecule has 0 aliphatic heterocycles. The minimum Gasteiger partial charge on any atom is -0.358 e. The summed E-state index contributed by atoms with van der Waals surface area (Å²) in [6.07, 6.45) is 1.82. The first-order chi connectivity index (χ1) is 25.3. The first-order valence-electron chi connectivity index (χ1n) is 16.9. The number of benzene rings is 6. The largest absolute Gasteiger partial charge is 2.00 e. The van der Waals surface area contributed by atoms with E-state index in [9.17, 15) is 0 Å². The van der Waals surface area contributed by atoms with E-state index < -0.39 is 0 Å². The van der Waals surface area contributed by atoms with Crippen LogP contribution in [0.5, 0.6) is 0 Å². The molecule has 9 heteroatoms. The van der Waals surface area contributed by atoms with Crippen molar-refractivity contribution in [2.24, 2.45) is 0 Å². The molecular weight excluding hydrogens is 824 g/mol. The molecule has 12 rings (SSSR count). The molecule has 0 spiro atoms. The maximum absolute atomic E-state index is 5.12. The molecule has 0 saturated carbocycles. The van der Waals surface area contributed by atoms with Gasteiger partial charge < -0.3 is 13.7 Å². The Morgan fingerprint density at radius 3 is 1.77 bits per heavy atom. The molecule has 246 valence electrons. The summed E-state index contributed by atoms with van der Waals surface area (Å²) < 4.78 is 11.0. The Kier molecular flexibility index (Phi) is 6.05. The molecule has 0 atom stereocenters. The Morgan fingerprint density at radius 2 is 0.981 bits per heavy atom. The molecule has 0 amide bonds. The fourth-order valence-electron chi connectivity index (χ4n) is 8.02. The second-order valence-electron chi connectivity index (χ2n) is 12.9. The first-order valence-corrected chi connectivity index (χ1v) is 16.9. The number of imidazole rings is 4. The van der Waals surface area contributed by atoms with Gasteiger partial charge in [0.15, 0.2) is 5.65 Å². The van der Waals surface area contributed by atoms with Gasteiger partial charge in [0, 0.05) is 11.7 Å². The zero-order chi connectivity index (χ0) is 33.2. The number of nitrogens with zero attached hydrogens (tertiary/aromatic N) is 8. The van der Waals surface area contributed by atoms with Crippen molar-refractivity contribution >= 4 is 77.6 Å². The van der Waals surface area contributed by atoms with E-state index in [-0.39, 0.29) is 21.1 Å². The summed E-state index contributed by atoms with van der Waals surface area (Å²) in [7, 11) is 0. The van der Waals surface area contributed by atoms with Gasteiger partial charge in [-0.2, -0.15) is 12.1 Å². The van der Waals surface area contributed by atoms with E-state index in [4.69, 9.17) is 15.0 Å². The number of hydrogen-bond donors (Lipinski definition) is 0. The number of rotatable bonds is 3. The van der Waals surface area contributed by atoms with Crippen molar-refractivity contribution < 1.29 is 21.1 Å². The van der Waals surface area contributed by atoms with Gasteiger partial charge in [-0.3, -0.25) is 8.80 Å². The van der Waals surface area contributed by atoms with E-state index in [1.807, 2.05) is 24.4 Å². The van der Waals surface area contributed by atoms with Crippen molar-refractivity contribution in [3.05, 3.63) is 158 Å². The molecule has 6 aromatic heterocycles. The molecule has 8 nitrogen and oxygen atoms in total. The molecule has 6 heterocycles. The number of pyridine rings is 1. The van der Waals surface area contributed by atoms with Crippen LogP contribution in [0.15, 0.2) is 146 Å². The van der Waals surface area contributed by atoms with E-state index in [1.165, 1.54) is 0 Å². The van der Waals surface area contributed by atoms with Crippen LogP contribution in [-0.2, 0) is 21.1 Å². The van der Waals surface area contributed by atoms with E-state index in [2.05, 4.69) is 156 Å². The molecule has 0 unspecified atom stereocenters. The quantitative estimate of drug-likeness (QED) is 0.167. The summed E-state index contributed by atoms with van der Waals surface area (Å²) in [5.74, 6) is 1.65. The maximum Gasteiger partial charge on any atom is 2.00 e. The van der Waals surface area contributed by atoms with Gasteiger partial charge in [-0.05, 0) is 60.0 Å². The Labute approximate surface area is 309 Å².